The van der Waals surface area contributed by atoms with Gasteiger partial charge in [-0.3, -0.25) is 0 Å². The molecular weight excluding hydrogens is 370 g/mol. The first-order chi connectivity index (χ1) is 11.5. The molecule has 0 atom stereocenters. The van der Waals surface area contributed by atoms with Gasteiger partial charge in [0.05, 0.1) is 23.6 Å². The van der Waals surface area contributed by atoms with Gasteiger partial charge in [0, 0.05) is 10.9 Å². The van der Waals surface area contributed by atoms with Crippen molar-refractivity contribution in [2.24, 2.45) is 0 Å². The molecule has 0 saturated heterocycles. The zero-order valence-electron chi connectivity index (χ0n) is 12.7. The van der Waals surface area contributed by atoms with Gasteiger partial charge in [-0.15, -0.1) is 0 Å². The summed E-state index contributed by atoms with van der Waals surface area (Å²) in [6.45, 7) is 0.0517. The predicted molar refractivity (Wildman–Crippen MR) is 94.1 cm³/mol. The molecule has 3 rings (SSSR count). The monoisotopic (exact) mass is 383 g/mol. The van der Waals surface area contributed by atoms with E-state index in [1.165, 1.54) is 25.3 Å². The molecule has 3 aromatic rings. The maximum Gasteiger partial charge on any atom is 0.241 e. The number of hydrogen-bond donors (Lipinski definition) is 1. The van der Waals surface area contributed by atoms with E-state index in [1.807, 2.05) is 22.9 Å². The maximum absolute atomic E-state index is 12.3. The highest BCUT2D eigenvalue weighted by Crippen LogP contribution is 2.27. The topological polar surface area (TPSA) is 68.5 Å². The molecule has 0 saturated carbocycles. The van der Waals surface area contributed by atoms with Gasteiger partial charge in [0.25, 0.3) is 0 Å². The summed E-state index contributed by atoms with van der Waals surface area (Å²) in [5, 5.41) is 4.15. The Hall–Kier alpha value is -1.80. The van der Waals surface area contributed by atoms with E-state index in [0.29, 0.717) is 17.3 Å². The lowest BCUT2D eigenvalue weighted by Crippen LogP contribution is -2.23. The van der Waals surface area contributed by atoms with E-state index in [0.717, 1.165) is 5.56 Å². The molecule has 0 aliphatic heterocycles. The Balaban J connectivity index is 1.72. The average Bonchev–Trinajstić information content (AvgIpc) is 3.24. The predicted octanol–water partition coefficient (Wildman–Crippen LogP) is 4.15. The van der Waals surface area contributed by atoms with Gasteiger partial charge in [0.15, 0.2) is 0 Å². The molecule has 1 aromatic carbocycles. The molecule has 0 fully saturated rings. The summed E-state index contributed by atoms with van der Waals surface area (Å²) in [6.07, 6.45) is 0. The van der Waals surface area contributed by atoms with E-state index < -0.39 is 10.0 Å². The summed E-state index contributed by atoms with van der Waals surface area (Å²) >= 11 is 7.55. The highest BCUT2D eigenvalue weighted by molar-refractivity contribution is 7.89. The van der Waals surface area contributed by atoms with Gasteiger partial charge in [0.2, 0.25) is 10.0 Å². The molecule has 1 N–H and O–H groups in total. The van der Waals surface area contributed by atoms with Crippen LogP contribution in [0.2, 0.25) is 5.02 Å². The standard InChI is InChI=1S/C16H14ClNO4S2/c1-21-16-5-3-13(8-14(16)17)24(19,20)18-9-12-2-4-15(22-12)11-6-7-23-10-11/h2-8,10,18H,9H2,1H3. The fraction of sp³-hybridized carbons (Fsp3) is 0.125. The van der Waals surface area contributed by atoms with Crippen LogP contribution >= 0.6 is 22.9 Å². The molecule has 0 aliphatic rings. The molecule has 0 amide bonds. The summed E-state index contributed by atoms with van der Waals surface area (Å²) in [5.74, 6) is 1.65. The van der Waals surface area contributed by atoms with Crippen molar-refractivity contribution in [3.05, 3.63) is 57.9 Å². The van der Waals surface area contributed by atoms with Crippen molar-refractivity contribution < 1.29 is 17.6 Å². The molecule has 0 aliphatic carbocycles. The number of halogens is 1. The first kappa shape index (κ1) is 17.0. The van der Waals surface area contributed by atoms with Gasteiger partial charge < -0.3 is 9.15 Å². The third kappa shape index (κ3) is 3.64. The van der Waals surface area contributed by atoms with Gasteiger partial charge in [-0.1, -0.05) is 11.6 Å². The number of sulfonamides is 1. The fourth-order valence-electron chi connectivity index (χ4n) is 2.10. The second-order valence-electron chi connectivity index (χ2n) is 4.90. The Morgan fingerprint density at radius 2 is 2.08 bits per heavy atom. The van der Waals surface area contributed by atoms with Gasteiger partial charge >= 0.3 is 0 Å². The summed E-state index contributed by atoms with van der Waals surface area (Å²) in [4.78, 5) is 0.0675. The minimum Gasteiger partial charge on any atom is -0.495 e. The summed E-state index contributed by atoms with van der Waals surface area (Å²) in [5.41, 5.74) is 0.969. The lowest BCUT2D eigenvalue weighted by Gasteiger charge is -2.08. The number of methoxy groups -OCH3 is 1. The highest BCUT2D eigenvalue weighted by Gasteiger charge is 2.17. The molecule has 0 unspecified atom stereocenters. The van der Waals surface area contributed by atoms with Crippen LogP contribution in [0.25, 0.3) is 11.3 Å². The Morgan fingerprint density at radius 3 is 2.75 bits per heavy atom. The maximum atomic E-state index is 12.3. The van der Waals surface area contributed by atoms with E-state index in [1.54, 1.807) is 17.4 Å². The summed E-state index contributed by atoms with van der Waals surface area (Å²) < 4.78 is 37.9. The van der Waals surface area contributed by atoms with Crippen molar-refractivity contribution in [2.75, 3.05) is 7.11 Å². The number of rotatable bonds is 6. The van der Waals surface area contributed by atoms with E-state index in [9.17, 15) is 8.42 Å². The second-order valence-corrected chi connectivity index (χ2v) is 7.85. The number of ether oxygens (including phenoxy) is 1. The molecular formula is C16H14ClNO4S2. The zero-order valence-corrected chi connectivity index (χ0v) is 15.0. The first-order valence-electron chi connectivity index (χ1n) is 6.94. The SMILES string of the molecule is COc1ccc(S(=O)(=O)NCc2ccc(-c3ccsc3)o2)cc1Cl. The van der Waals surface area contributed by atoms with Crippen molar-refractivity contribution in [3.8, 4) is 17.1 Å². The number of nitrogens with one attached hydrogen (secondary N) is 1. The molecule has 24 heavy (non-hydrogen) atoms. The Labute approximate surface area is 148 Å². The van der Waals surface area contributed by atoms with E-state index in [2.05, 4.69) is 4.72 Å². The number of furan rings is 1. The van der Waals surface area contributed by atoms with E-state index >= 15 is 0 Å². The molecule has 0 bridgehead atoms. The lowest BCUT2D eigenvalue weighted by atomic mass is 10.3. The molecule has 2 heterocycles. The van der Waals surface area contributed by atoms with Gasteiger partial charge in [-0.05, 0) is 41.8 Å². The molecule has 2 aromatic heterocycles. The molecule has 0 spiro atoms. The third-order valence-electron chi connectivity index (χ3n) is 3.34. The molecule has 126 valence electrons. The van der Waals surface area contributed by atoms with Gasteiger partial charge in [0.1, 0.15) is 17.3 Å². The Kier molecular flexibility index (Phi) is 4.96. The Morgan fingerprint density at radius 1 is 1.25 bits per heavy atom. The van der Waals surface area contributed by atoms with Crippen LogP contribution in [-0.2, 0) is 16.6 Å². The quantitative estimate of drug-likeness (QED) is 0.694. The highest BCUT2D eigenvalue weighted by atomic mass is 35.5. The third-order valence-corrected chi connectivity index (χ3v) is 5.71. The summed E-state index contributed by atoms with van der Waals surface area (Å²) in [6, 6.07) is 9.80. The second kappa shape index (κ2) is 6.98. The zero-order chi connectivity index (χ0) is 17.2. The minimum atomic E-state index is -3.70. The van der Waals surface area contributed by atoms with Crippen molar-refractivity contribution in [1.29, 1.82) is 0 Å². The van der Waals surface area contributed by atoms with Crippen LogP contribution in [0, 0.1) is 0 Å². The normalized spacial score (nSPS) is 11.6. The van der Waals surface area contributed by atoms with Crippen LogP contribution < -0.4 is 9.46 Å². The van der Waals surface area contributed by atoms with Gasteiger partial charge in [-0.25, -0.2) is 13.1 Å². The van der Waals surface area contributed by atoms with Crippen LogP contribution in [-0.4, -0.2) is 15.5 Å². The molecule has 0 radical (unpaired) electrons. The van der Waals surface area contributed by atoms with Crippen molar-refractivity contribution in [1.82, 2.24) is 4.72 Å². The number of hydrogen-bond acceptors (Lipinski definition) is 5. The smallest absolute Gasteiger partial charge is 0.241 e. The molecule has 5 nitrogen and oxygen atoms in total. The lowest BCUT2D eigenvalue weighted by molar-refractivity contribution is 0.414. The van der Waals surface area contributed by atoms with Crippen molar-refractivity contribution in [3.63, 3.8) is 0 Å². The van der Waals surface area contributed by atoms with Crippen molar-refractivity contribution >= 4 is 33.0 Å². The summed E-state index contributed by atoms with van der Waals surface area (Å²) in [7, 11) is -2.23. The van der Waals surface area contributed by atoms with Crippen LogP contribution in [0.1, 0.15) is 5.76 Å². The first-order valence-corrected chi connectivity index (χ1v) is 9.74. The minimum absolute atomic E-state index is 0.0517. The average molecular weight is 384 g/mol. The van der Waals surface area contributed by atoms with Crippen LogP contribution in [0.4, 0.5) is 0 Å². The van der Waals surface area contributed by atoms with Crippen molar-refractivity contribution in [2.45, 2.75) is 11.4 Å². The Bertz CT molecular complexity index is 933. The largest absolute Gasteiger partial charge is 0.495 e. The van der Waals surface area contributed by atoms with Crippen LogP contribution in [0.5, 0.6) is 5.75 Å². The van der Waals surface area contributed by atoms with Crippen LogP contribution in [0.15, 0.2) is 56.5 Å². The molecule has 8 heteroatoms. The van der Waals surface area contributed by atoms with E-state index in [-0.39, 0.29) is 16.5 Å². The van der Waals surface area contributed by atoms with E-state index in [4.69, 9.17) is 20.8 Å². The fourth-order valence-corrected chi connectivity index (χ4v) is 4.08. The van der Waals surface area contributed by atoms with Gasteiger partial charge in [-0.2, -0.15) is 11.3 Å². The van der Waals surface area contributed by atoms with Crippen LogP contribution in [0.3, 0.4) is 0 Å². The number of benzene rings is 1. The number of thiophene rings is 1.